The Bertz CT molecular complexity index is 842. The Morgan fingerprint density at radius 2 is 2.04 bits per heavy atom. The van der Waals surface area contributed by atoms with Crippen molar-refractivity contribution in [1.29, 1.82) is 0 Å². The van der Waals surface area contributed by atoms with Crippen LogP contribution in [0.2, 0.25) is 0 Å². The van der Waals surface area contributed by atoms with Gasteiger partial charge >= 0.3 is 0 Å². The zero-order valence-electron chi connectivity index (χ0n) is 13.4. The van der Waals surface area contributed by atoms with Gasteiger partial charge in [-0.3, -0.25) is 4.68 Å². The van der Waals surface area contributed by atoms with E-state index in [0.717, 1.165) is 11.1 Å². The molecule has 1 aromatic heterocycles. The third-order valence-corrected chi connectivity index (χ3v) is 6.06. The van der Waals surface area contributed by atoms with Gasteiger partial charge in [0.1, 0.15) is 4.90 Å². The molecule has 0 amide bonds. The van der Waals surface area contributed by atoms with E-state index in [0.29, 0.717) is 24.4 Å². The number of aryl methyl sites for hydroxylation is 2. The molecule has 7 heteroatoms. The molecule has 124 valence electrons. The van der Waals surface area contributed by atoms with E-state index in [1.54, 1.807) is 18.5 Å². The molecule has 0 saturated carbocycles. The molecule has 0 bridgehead atoms. The largest absolute Gasteiger partial charge is 0.391 e. The Morgan fingerprint density at radius 3 is 2.70 bits per heavy atom. The van der Waals surface area contributed by atoms with Crippen LogP contribution >= 0.6 is 0 Å². The van der Waals surface area contributed by atoms with E-state index in [2.05, 4.69) is 9.82 Å². The summed E-state index contributed by atoms with van der Waals surface area (Å²) >= 11 is 0. The summed E-state index contributed by atoms with van der Waals surface area (Å²) in [6.45, 7) is 5.96. The molecular formula is C16H21N3O3S. The number of sulfonamides is 1. The maximum Gasteiger partial charge on any atom is 0.244 e. The van der Waals surface area contributed by atoms with Crippen molar-refractivity contribution >= 4 is 10.0 Å². The first-order valence-electron chi connectivity index (χ1n) is 7.67. The highest BCUT2D eigenvalue weighted by molar-refractivity contribution is 7.89. The van der Waals surface area contributed by atoms with Crippen molar-refractivity contribution in [2.24, 2.45) is 0 Å². The summed E-state index contributed by atoms with van der Waals surface area (Å²) < 4.78 is 30.0. The van der Waals surface area contributed by atoms with Crippen LogP contribution in [-0.4, -0.2) is 29.4 Å². The van der Waals surface area contributed by atoms with E-state index < -0.39 is 22.2 Å². The SMILES string of the molecule is CCn1nc(C)c(S(=O)(=O)N[C@H]2c3ccccc3C[C@H]2O)c1C. The number of fused-ring (bicyclic) bond motifs is 1. The fourth-order valence-electron chi connectivity index (χ4n) is 3.32. The molecule has 0 fully saturated rings. The van der Waals surface area contributed by atoms with Crippen LogP contribution in [0.1, 0.15) is 35.5 Å². The van der Waals surface area contributed by atoms with Gasteiger partial charge in [-0.25, -0.2) is 13.1 Å². The Labute approximate surface area is 136 Å². The zero-order valence-corrected chi connectivity index (χ0v) is 14.3. The van der Waals surface area contributed by atoms with Crippen LogP contribution in [0.15, 0.2) is 29.2 Å². The Hall–Kier alpha value is -1.70. The number of aliphatic hydroxyl groups is 1. The molecule has 23 heavy (non-hydrogen) atoms. The van der Waals surface area contributed by atoms with Gasteiger partial charge in [-0.05, 0) is 31.9 Å². The van der Waals surface area contributed by atoms with E-state index in [4.69, 9.17) is 0 Å². The fraction of sp³-hybridized carbons (Fsp3) is 0.438. The van der Waals surface area contributed by atoms with Crippen molar-refractivity contribution in [1.82, 2.24) is 14.5 Å². The van der Waals surface area contributed by atoms with Crippen LogP contribution in [0.25, 0.3) is 0 Å². The van der Waals surface area contributed by atoms with Crippen LogP contribution < -0.4 is 4.72 Å². The second-order valence-corrected chi connectivity index (χ2v) is 7.54. The molecular weight excluding hydrogens is 314 g/mol. The number of hydrogen-bond donors (Lipinski definition) is 2. The molecule has 0 saturated heterocycles. The molecule has 0 radical (unpaired) electrons. The second-order valence-electron chi connectivity index (χ2n) is 5.88. The molecule has 2 atom stereocenters. The number of benzene rings is 1. The van der Waals surface area contributed by atoms with Crippen LogP contribution in [0.3, 0.4) is 0 Å². The maximum atomic E-state index is 12.8. The molecule has 1 aliphatic rings. The molecule has 3 rings (SSSR count). The van der Waals surface area contributed by atoms with Gasteiger partial charge in [-0.2, -0.15) is 5.10 Å². The van der Waals surface area contributed by atoms with E-state index in [1.807, 2.05) is 31.2 Å². The molecule has 2 N–H and O–H groups in total. The van der Waals surface area contributed by atoms with Crippen molar-refractivity contribution in [3.8, 4) is 0 Å². The minimum atomic E-state index is -3.76. The van der Waals surface area contributed by atoms with Gasteiger partial charge in [0.05, 0.1) is 23.5 Å². The smallest absolute Gasteiger partial charge is 0.244 e. The average Bonchev–Trinajstić information content (AvgIpc) is 2.96. The summed E-state index contributed by atoms with van der Waals surface area (Å²) in [6, 6.07) is 6.89. The van der Waals surface area contributed by atoms with Gasteiger partial charge in [0, 0.05) is 13.0 Å². The quantitative estimate of drug-likeness (QED) is 0.886. The highest BCUT2D eigenvalue weighted by atomic mass is 32.2. The lowest BCUT2D eigenvalue weighted by atomic mass is 10.1. The molecule has 1 aliphatic carbocycles. The first-order chi connectivity index (χ1) is 10.8. The van der Waals surface area contributed by atoms with Gasteiger partial charge in [0.25, 0.3) is 0 Å². The molecule has 0 unspecified atom stereocenters. The number of aliphatic hydroxyl groups excluding tert-OH is 1. The molecule has 6 nitrogen and oxygen atoms in total. The highest BCUT2D eigenvalue weighted by Gasteiger charge is 2.36. The first kappa shape index (κ1) is 16.2. The van der Waals surface area contributed by atoms with E-state index in [9.17, 15) is 13.5 Å². The van der Waals surface area contributed by atoms with Crippen LogP contribution in [0, 0.1) is 13.8 Å². The second kappa shape index (κ2) is 5.74. The lowest BCUT2D eigenvalue weighted by molar-refractivity contribution is 0.151. The monoisotopic (exact) mass is 335 g/mol. The lowest BCUT2D eigenvalue weighted by Crippen LogP contribution is -2.34. The Balaban J connectivity index is 1.98. The summed E-state index contributed by atoms with van der Waals surface area (Å²) in [7, 11) is -3.76. The minimum Gasteiger partial charge on any atom is -0.391 e. The fourth-order valence-corrected chi connectivity index (χ4v) is 4.98. The number of aromatic nitrogens is 2. The standard InChI is InChI=1S/C16H21N3O3S/c1-4-19-11(3)16(10(2)17-19)23(21,22)18-15-13-8-6-5-7-12(13)9-14(15)20/h5-8,14-15,18,20H,4,9H2,1-3H3/t14-,15+/m1/s1. The summed E-state index contributed by atoms with van der Waals surface area (Å²) in [6.07, 6.45) is -0.306. The van der Waals surface area contributed by atoms with Crippen LogP contribution in [-0.2, 0) is 23.0 Å². The van der Waals surface area contributed by atoms with E-state index in [-0.39, 0.29) is 4.90 Å². The van der Waals surface area contributed by atoms with Crippen molar-refractivity contribution < 1.29 is 13.5 Å². The topological polar surface area (TPSA) is 84.2 Å². The first-order valence-corrected chi connectivity index (χ1v) is 9.15. The minimum absolute atomic E-state index is 0.205. The predicted molar refractivity (Wildman–Crippen MR) is 86.6 cm³/mol. The summed E-state index contributed by atoms with van der Waals surface area (Å²) in [5.74, 6) is 0. The van der Waals surface area contributed by atoms with E-state index >= 15 is 0 Å². The summed E-state index contributed by atoms with van der Waals surface area (Å²) in [4.78, 5) is 0.205. The highest BCUT2D eigenvalue weighted by Crippen LogP contribution is 2.33. The van der Waals surface area contributed by atoms with Gasteiger partial charge in [0.2, 0.25) is 10.0 Å². The van der Waals surface area contributed by atoms with Crippen molar-refractivity contribution in [2.75, 3.05) is 0 Å². The van der Waals surface area contributed by atoms with Crippen molar-refractivity contribution in [3.63, 3.8) is 0 Å². The number of nitrogens with one attached hydrogen (secondary N) is 1. The molecule has 0 aliphatic heterocycles. The molecule has 1 aromatic carbocycles. The van der Waals surface area contributed by atoms with E-state index in [1.165, 1.54) is 0 Å². The molecule has 1 heterocycles. The Kier molecular flexibility index (Phi) is 4.03. The van der Waals surface area contributed by atoms with Crippen molar-refractivity contribution in [2.45, 2.75) is 50.8 Å². The van der Waals surface area contributed by atoms with Gasteiger partial charge in [-0.1, -0.05) is 24.3 Å². The summed E-state index contributed by atoms with van der Waals surface area (Å²) in [5, 5.41) is 14.5. The van der Waals surface area contributed by atoms with Crippen molar-refractivity contribution in [3.05, 3.63) is 46.8 Å². The average molecular weight is 335 g/mol. The number of rotatable bonds is 4. The number of nitrogens with zero attached hydrogens (tertiary/aromatic N) is 2. The van der Waals surface area contributed by atoms with Gasteiger partial charge in [0.15, 0.2) is 0 Å². The molecule has 2 aromatic rings. The molecule has 0 spiro atoms. The van der Waals surface area contributed by atoms with Gasteiger partial charge < -0.3 is 5.11 Å². The van der Waals surface area contributed by atoms with Crippen LogP contribution in [0.4, 0.5) is 0 Å². The van der Waals surface area contributed by atoms with Gasteiger partial charge in [-0.15, -0.1) is 0 Å². The number of hydrogen-bond acceptors (Lipinski definition) is 4. The normalized spacial score (nSPS) is 20.7. The summed E-state index contributed by atoms with van der Waals surface area (Å²) in [5.41, 5.74) is 2.89. The third kappa shape index (κ3) is 2.69. The van der Waals surface area contributed by atoms with Crippen LogP contribution in [0.5, 0.6) is 0 Å². The Morgan fingerprint density at radius 1 is 1.35 bits per heavy atom. The third-order valence-electron chi connectivity index (χ3n) is 4.37. The lowest BCUT2D eigenvalue weighted by Gasteiger charge is -2.18. The maximum absolute atomic E-state index is 12.8. The zero-order chi connectivity index (χ0) is 16.8. The predicted octanol–water partition coefficient (Wildman–Crippen LogP) is 1.46.